The lowest BCUT2D eigenvalue weighted by atomic mass is 10.1. The summed E-state index contributed by atoms with van der Waals surface area (Å²) in [5.74, 6) is 2.57. The third-order valence-corrected chi connectivity index (χ3v) is 4.25. The Morgan fingerprint density at radius 2 is 1.73 bits per heavy atom. The van der Waals surface area contributed by atoms with Crippen LogP contribution in [0.3, 0.4) is 0 Å². The Morgan fingerprint density at radius 3 is 2.42 bits per heavy atom. The van der Waals surface area contributed by atoms with Crippen LogP contribution < -0.4 is 10.1 Å². The highest BCUT2D eigenvalue weighted by atomic mass is 16.5. The summed E-state index contributed by atoms with van der Waals surface area (Å²) in [5, 5.41) is 7.49. The van der Waals surface area contributed by atoms with Gasteiger partial charge < -0.3 is 14.6 Å². The SMILES string of the molecule is CCCOc1ccc(-c2cc(-c3ccc(C4=NCCN4)cc3)no2)cc1. The van der Waals surface area contributed by atoms with E-state index in [-0.39, 0.29) is 0 Å². The summed E-state index contributed by atoms with van der Waals surface area (Å²) >= 11 is 0. The molecule has 0 saturated heterocycles. The topological polar surface area (TPSA) is 59.6 Å². The summed E-state index contributed by atoms with van der Waals surface area (Å²) in [6.45, 7) is 4.57. The van der Waals surface area contributed by atoms with Crippen LogP contribution in [0.15, 0.2) is 64.1 Å². The molecule has 3 aromatic rings. The van der Waals surface area contributed by atoms with Gasteiger partial charge in [0.05, 0.1) is 13.2 Å². The molecule has 5 heteroatoms. The monoisotopic (exact) mass is 347 g/mol. The van der Waals surface area contributed by atoms with Crippen molar-refractivity contribution in [1.82, 2.24) is 10.5 Å². The van der Waals surface area contributed by atoms with Gasteiger partial charge in [0.25, 0.3) is 0 Å². The minimum Gasteiger partial charge on any atom is -0.494 e. The number of hydrogen-bond donors (Lipinski definition) is 1. The van der Waals surface area contributed by atoms with Crippen LogP contribution in [0.2, 0.25) is 0 Å². The zero-order valence-corrected chi connectivity index (χ0v) is 14.7. The molecule has 0 bridgehead atoms. The average Bonchev–Trinajstić information content (AvgIpc) is 3.39. The molecule has 0 atom stereocenters. The number of ether oxygens (including phenoxy) is 1. The third kappa shape index (κ3) is 3.47. The first-order valence-electron chi connectivity index (χ1n) is 8.92. The number of nitrogens with one attached hydrogen (secondary N) is 1. The maximum atomic E-state index is 5.61. The van der Waals surface area contributed by atoms with Crippen molar-refractivity contribution >= 4 is 5.84 Å². The number of rotatable bonds is 6. The molecule has 1 aliphatic heterocycles. The molecule has 1 aliphatic rings. The van der Waals surface area contributed by atoms with E-state index < -0.39 is 0 Å². The predicted molar refractivity (Wildman–Crippen MR) is 103 cm³/mol. The van der Waals surface area contributed by atoms with Crippen LogP contribution in [0.5, 0.6) is 5.75 Å². The van der Waals surface area contributed by atoms with Gasteiger partial charge in [-0.15, -0.1) is 0 Å². The molecule has 0 spiro atoms. The summed E-state index contributed by atoms with van der Waals surface area (Å²) in [4.78, 5) is 4.44. The second-order valence-corrected chi connectivity index (χ2v) is 6.18. The lowest BCUT2D eigenvalue weighted by Crippen LogP contribution is -2.19. The van der Waals surface area contributed by atoms with Crippen molar-refractivity contribution in [1.29, 1.82) is 0 Å². The van der Waals surface area contributed by atoms with Crippen LogP contribution in [-0.4, -0.2) is 30.7 Å². The largest absolute Gasteiger partial charge is 0.494 e. The highest BCUT2D eigenvalue weighted by molar-refractivity contribution is 6.00. The predicted octanol–water partition coefficient (Wildman–Crippen LogP) is 4.15. The van der Waals surface area contributed by atoms with Gasteiger partial charge in [0.1, 0.15) is 17.3 Å². The first kappa shape index (κ1) is 16.4. The highest BCUT2D eigenvalue weighted by Gasteiger charge is 2.11. The van der Waals surface area contributed by atoms with E-state index in [9.17, 15) is 0 Å². The van der Waals surface area contributed by atoms with E-state index in [0.29, 0.717) is 0 Å². The standard InChI is InChI=1S/C21H21N3O2/c1-2-13-25-18-9-7-16(8-10-18)20-14-19(24-26-20)15-3-5-17(6-4-15)21-22-11-12-23-21/h3-10,14H,2,11-13H2,1H3,(H,22,23). The van der Waals surface area contributed by atoms with E-state index in [1.54, 1.807) is 0 Å². The maximum Gasteiger partial charge on any atom is 0.167 e. The summed E-state index contributed by atoms with van der Waals surface area (Å²) in [5.41, 5.74) is 3.91. The van der Waals surface area contributed by atoms with Gasteiger partial charge in [-0.1, -0.05) is 36.3 Å². The summed E-state index contributed by atoms with van der Waals surface area (Å²) in [6.07, 6.45) is 0.995. The van der Waals surface area contributed by atoms with Crippen LogP contribution in [0, 0.1) is 0 Å². The minimum absolute atomic E-state index is 0.726. The summed E-state index contributed by atoms with van der Waals surface area (Å²) in [6, 6.07) is 18.0. The Balaban J connectivity index is 1.50. The van der Waals surface area contributed by atoms with Gasteiger partial charge in [0.15, 0.2) is 5.76 Å². The highest BCUT2D eigenvalue weighted by Crippen LogP contribution is 2.27. The second-order valence-electron chi connectivity index (χ2n) is 6.18. The Kier molecular flexibility index (Phi) is 4.69. The number of hydrogen-bond acceptors (Lipinski definition) is 5. The van der Waals surface area contributed by atoms with Gasteiger partial charge in [-0.3, -0.25) is 4.99 Å². The van der Waals surface area contributed by atoms with E-state index in [2.05, 4.69) is 34.5 Å². The van der Waals surface area contributed by atoms with Crippen LogP contribution in [-0.2, 0) is 0 Å². The summed E-state index contributed by atoms with van der Waals surface area (Å²) < 4.78 is 11.1. The molecule has 1 aromatic heterocycles. The van der Waals surface area contributed by atoms with Crippen LogP contribution in [0.25, 0.3) is 22.6 Å². The van der Waals surface area contributed by atoms with Crippen molar-refractivity contribution in [2.24, 2.45) is 4.99 Å². The van der Waals surface area contributed by atoms with Crippen LogP contribution in [0.1, 0.15) is 18.9 Å². The number of amidine groups is 1. The first-order chi connectivity index (χ1) is 12.8. The van der Waals surface area contributed by atoms with Crippen molar-refractivity contribution in [3.05, 3.63) is 60.2 Å². The van der Waals surface area contributed by atoms with Crippen molar-refractivity contribution in [2.75, 3.05) is 19.7 Å². The second kappa shape index (κ2) is 7.44. The quantitative estimate of drug-likeness (QED) is 0.728. The van der Waals surface area contributed by atoms with Gasteiger partial charge in [-0.25, -0.2) is 0 Å². The fraction of sp³-hybridized carbons (Fsp3) is 0.238. The van der Waals surface area contributed by atoms with Gasteiger partial charge in [0.2, 0.25) is 0 Å². The fourth-order valence-corrected chi connectivity index (χ4v) is 2.87. The molecule has 2 heterocycles. The smallest absolute Gasteiger partial charge is 0.167 e. The minimum atomic E-state index is 0.726. The molecule has 4 rings (SSSR count). The number of aliphatic imine (C=N–C) groups is 1. The van der Waals surface area contributed by atoms with Crippen LogP contribution >= 0.6 is 0 Å². The number of benzene rings is 2. The van der Waals surface area contributed by atoms with E-state index in [4.69, 9.17) is 9.26 Å². The zero-order chi connectivity index (χ0) is 17.8. The van der Waals surface area contributed by atoms with Crippen molar-refractivity contribution in [2.45, 2.75) is 13.3 Å². The maximum absolute atomic E-state index is 5.61. The molecular weight excluding hydrogens is 326 g/mol. The van der Waals surface area contributed by atoms with E-state index >= 15 is 0 Å². The van der Waals surface area contributed by atoms with Crippen molar-refractivity contribution in [3.63, 3.8) is 0 Å². The molecule has 0 fully saturated rings. The van der Waals surface area contributed by atoms with Gasteiger partial charge in [-0.05, 0) is 30.7 Å². The number of nitrogens with zero attached hydrogens (tertiary/aromatic N) is 2. The molecule has 0 radical (unpaired) electrons. The lowest BCUT2D eigenvalue weighted by Gasteiger charge is -2.04. The van der Waals surface area contributed by atoms with Gasteiger partial charge >= 0.3 is 0 Å². The molecule has 0 aliphatic carbocycles. The van der Waals surface area contributed by atoms with Crippen LogP contribution in [0.4, 0.5) is 0 Å². The number of aromatic nitrogens is 1. The molecule has 2 aromatic carbocycles. The van der Waals surface area contributed by atoms with Gasteiger partial charge in [-0.2, -0.15) is 0 Å². The normalized spacial score (nSPS) is 13.3. The Labute approximate surface area is 152 Å². The van der Waals surface area contributed by atoms with E-state index in [0.717, 1.165) is 65.8 Å². The zero-order valence-electron chi connectivity index (χ0n) is 14.7. The molecule has 132 valence electrons. The first-order valence-corrected chi connectivity index (χ1v) is 8.92. The Hall–Kier alpha value is -3.08. The third-order valence-electron chi connectivity index (χ3n) is 4.25. The molecule has 0 unspecified atom stereocenters. The molecule has 0 amide bonds. The lowest BCUT2D eigenvalue weighted by molar-refractivity contribution is 0.317. The van der Waals surface area contributed by atoms with E-state index in [1.807, 2.05) is 42.5 Å². The molecule has 26 heavy (non-hydrogen) atoms. The Bertz CT molecular complexity index is 896. The van der Waals surface area contributed by atoms with Gasteiger partial charge in [0, 0.05) is 29.3 Å². The molecular formula is C21H21N3O2. The van der Waals surface area contributed by atoms with Crippen molar-refractivity contribution < 1.29 is 9.26 Å². The average molecular weight is 347 g/mol. The molecule has 1 N–H and O–H groups in total. The molecule has 0 saturated carbocycles. The summed E-state index contributed by atoms with van der Waals surface area (Å²) in [7, 11) is 0. The fourth-order valence-electron chi connectivity index (χ4n) is 2.87. The van der Waals surface area contributed by atoms with E-state index in [1.165, 1.54) is 0 Å². The molecule has 5 nitrogen and oxygen atoms in total. The Morgan fingerprint density at radius 1 is 1.00 bits per heavy atom. The van der Waals surface area contributed by atoms with Crippen molar-refractivity contribution in [3.8, 4) is 28.3 Å².